The fourth-order valence-electron chi connectivity index (χ4n) is 2.76. The molecule has 0 spiro atoms. The molecule has 0 radical (unpaired) electrons. The highest BCUT2D eigenvalue weighted by Gasteiger charge is 2.20. The minimum atomic E-state index is -0.0139. The van der Waals surface area contributed by atoms with Gasteiger partial charge in [-0.25, -0.2) is 0 Å². The van der Waals surface area contributed by atoms with Crippen molar-refractivity contribution in [1.29, 1.82) is 0 Å². The largest absolute Gasteiger partial charge is 0.492 e. The molecule has 0 saturated heterocycles. The van der Waals surface area contributed by atoms with Crippen molar-refractivity contribution < 1.29 is 9.53 Å². The summed E-state index contributed by atoms with van der Waals surface area (Å²) in [5.74, 6) is 0.697. The third-order valence-electron chi connectivity index (χ3n) is 3.73. The summed E-state index contributed by atoms with van der Waals surface area (Å²) >= 11 is 0. The van der Waals surface area contributed by atoms with Gasteiger partial charge in [-0.3, -0.25) is 9.69 Å². The van der Waals surface area contributed by atoms with Crippen molar-refractivity contribution in [2.75, 3.05) is 18.5 Å². The summed E-state index contributed by atoms with van der Waals surface area (Å²) in [6.45, 7) is 4.55. The van der Waals surface area contributed by atoms with Crippen LogP contribution in [0.5, 0.6) is 5.75 Å². The summed E-state index contributed by atoms with van der Waals surface area (Å²) < 4.78 is 5.53. The van der Waals surface area contributed by atoms with E-state index in [-0.39, 0.29) is 5.91 Å². The summed E-state index contributed by atoms with van der Waals surface area (Å²) in [7, 11) is 0. The number of hydrogen-bond acceptors (Lipinski definition) is 3. The van der Waals surface area contributed by atoms with Gasteiger partial charge < -0.3 is 10.1 Å². The molecule has 3 rings (SSSR count). The third-order valence-corrected chi connectivity index (χ3v) is 3.73. The molecule has 0 unspecified atom stereocenters. The van der Waals surface area contributed by atoms with Crippen LogP contribution in [0.3, 0.4) is 0 Å². The van der Waals surface area contributed by atoms with Crippen molar-refractivity contribution in [2.45, 2.75) is 20.0 Å². The van der Waals surface area contributed by atoms with Gasteiger partial charge in [-0.1, -0.05) is 36.4 Å². The maximum atomic E-state index is 12.3. The number of carbonyl (C=O) groups is 1. The van der Waals surface area contributed by atoms with Crippen molar-refractivity contribution in [2.24, 2.45) is 0 Å². The van der Waals surface area contributed by atoms with Crippen LogP contribution in [-0.4, -0.2) is 24.0 Å². The van der Waals surface area contributed by atoms with Gasteiger partial charge in [-0.2, -0.15) is 0 Å². The Balaban J connectivity index is 1.60. The van der Waals surface area contributed by atoms with Gasteiger partial charge in [0.25, 0.3) is 0 Å². The molecule has 0 aromatic heterocycles. The molecule has 2 aromatic carbocycles. The van der Waals surface area contributed by atoms with Gasteiger partial charge in [0.05, 0.1) is 18.8 Å². The number of rotatable bonds is 5. The zero-order valence-electron chi connectivity index (χ0n) is 12.7. The number of hydrogen-bond donors (Lipinski definition) is 1. The smallest absolute Gasteiger partial charge is 0.238 e. The molecule has 1 amide bonds. The summed E-state index contributed by atoms with van der Waals surface area (Å²) in [6.07, 6.45) is 0. The molecule has 0 atom stereocenters. The normalized spacial score (nSPS) is 13.7. The van der Waals surface area contributed by atoms with E-state index in [2.05, 4.69) is 22.3 Å². The molecule has 0 bridgehead atoms. The van der Waals surface area contributed by atoms with E-state index in [1.807, 2.05) is 43.3 Å². The maximum absolute atomic E-state index is 12.3. The fraction of sp³-hybridized carbons (Fsp3) is 0.278. The zero-order chi connectivity index (χ0) is 15.4. The van der Waals surface area contributed by atoms with Gasteiger partial charge in [-0.05, 0) is 30.2 Å². The van der Waals surface area contributed by atoms with E-state index < -0.39 is 0 Å². The summed E-state index contributed by atoms with van der Waals surface area (Å²) in [5, 5.41) is 2.94. The lowest BCUT2D eigenvalue weighted by Gasteiger charge is -2.16. The van der Waals surface area contributed by atoms with Crippen LogP contribution in [0.15, 0.2) is 48.5 Å². The van der Waals surface area contributed by atoms with Gasteiger partial charge in [0.2, 0.25) is 5.91 Å². The standard InChI is InChI=1S/C18H20N2O2/c1-2-22-17-10-6-5-9-16(17)19-18(21)13-20-11-14-7-3-4-8-15(14)12-20/h3-10H,2,11-13H2,1H3,(H,19,21). The van der Waals surface area contributed by atoms with Crippen LogP contribution in [0.2, 0.25) is 0 Å². The van der Waals surface area contributed by atoms with E-state index in [9.17, 15) is 4.79 Å². The molecule has 114 valence electrons. The minimum Gasteiger partial charge on any atom is -0.492 e. The van der Waals surface area contributed by atoms with Gasteiger partial charge in [0.15, 0.2) is 0 Å². The number of carbonyl (C=O) groups excluding carboxylic acids is 1. The molecule has 4 nitrogen and oxygen atoms in total. The second-order valence-electron chi connectivity index (χ2n) is 5.39. The van der Waals surface area contributed by atoms with Gasteiger partial charge in [0, 0.05) is 13.1 Å². The highest BCUT2D eigenvalue weighted by atomic mass is 16.5. The molecule has 0 saturated carbocycles. The number of anilines is 1. The maximum Gasteiger partial charge on any atom is 0.238 e. The molecule has 0 aliphatic carbocycles. The lowest BCUT2D eigenvalue weighted by Crippen LogP contribution is -2.29. The highest BCUT2D eigenvalue weighted by molar-refractivity contribution is 5.93. The van der Waals surface area contributed by atoms with Crippen LogP contribution in [-0.2, 0) is 17.9 Å². The molecule has 22 heavy (non-hydrogen) atoms. The van der Waals surface area contributed by atoms with Gasteiger partial charge in [-0.15, -0.1) is 0 Å². The Kier molecular flexibility index (Phi) is 4.39. The zero-order valence-corrected chi connectivity index (χ0v) is 12.7. The van der Waals surface area contributed by atoms with Gasteiger partial charge >= 0.3 is 0 Å². The second-order valence-corrected chi connectivity index (χ2v) is 5.39. The minimum absolute atomic E-state index is 0.0139. The van der Waals surface area contributed by atoms with E-state index in [0.717, 1.165) is 18.8 Å². The molecule has 1 aliphatic heterocycles. The van der Waals surface area contributed by atoms with Crippen LogP contribution in [0, 0.1) is 0 Å². The summed E-state index contributed by atoms with van der Waals surface area (Å²) in [4.78, 5) is 14.4. The predicted molar refractivity (Wildman–Crippen MR) is 86.8 cm³/mol. The Bertz CT molecular complexity index is 645. The first kappa shape index (κ1) is 14.6. The van der Waals surface area contributed by atoms with Crippen LogP contribution >= 0.6 is 0 Å². The van der Waals surface area contributed by atoms with Crippen molar-refractivity contribution >= 4 is 11.6 Å². The second kappa shape index (κ2) is 6.62. The van der Waals surface area contributed by atoms with Crippen molar-refractivity contribution in [3.05, 3.63) is 59.7 Å². The lowest BCUT2D eigenvalue weighted by molar-refractivity contribution is -0.117. The van der Waals surface area contributed by atoms with Crippen LogP contribution in [0.1, 0.15) is 18.1 Å². The first-order valence-corrected chi connectivity index (χ1v) is 7.57. The number of nitrogens with zero attached hydrogens (tertiary/aromatic N) is 1. The average molecular weight is 296 g/mol. The fourth-order valence-corrected chi connectivity index (χ4v) is 2.76. The monoisotopic (exact) mass is 296 g/mol. The Morgan fingerprint density at radius 1 is 1.09 bits per heavy atom. The van der Waals surface area contributed by atoms with Crippen LogP contribution in [0.25, 0.3) is 0 Å². The van der Waals surface area contributed by atoms with Crippen LogP contribution in [0.4, 0.5) is 5.69 Å². The predicted octanol–water partition coefficient (Wildman–Crippen LogP) is 3.04. The van der Waals surface area contributed by atoms with E-state index in [1.54, 1.807) is 0 Å². The lowest BCUT2D eigenvalue weighted by atomic mass is 10.1. The van der Waals surface area contributed by atoms with Crippen molar-refractivity contribution in [3.63, 3.8) is 0 Å². The first-order chi connectivity index (χ1) is 10.8. The summed E-state index contributed by atoms with van der Waals surface area (Å²) in [5.41, 5.74) is 3.35. The van der Waals surface area contributed by atoms with E-state index in [0.29, 0.717) is 18.9 Å². The first-order valence-electron chi connectivity index (χ1n) is 7.57. The van der Waals surface area contributed by atoms with Crippen molar-refractivity contribution in [3.8, 4) is 5.75 Å². The Morgan fingerprint density at radius 3 is 2.41 bits per heavy atom. The van der Waals surface area contributed by atoms with Crippen molar-refractivity contribution in [1.82, 2.24) is 4.90 Å². The molecule has 0 fully saturated rings. The Labute approximate surface area is 130 Å². The molecule has 2 aromatic rings. The molecular weight excluding hydrogens is 276 g/mol. The van der Waals surface area contributed by atoms with E-state index >= 15 is 0 Å². The number of para-hydroxylation sites is 2. The van der Waals surface area contributed by atoms with E-state index in [1.165, 1.54) is 11.1 Å². The number of benzene rings is 2. The SMILES string of the molecule is CCOc1ccccc1NC(=O)CN1Cc2ccccc2C1. The third kappa shape index (κ3) is 3.28. The Morgan fingerprint density at radius 2 is 1.73 bits per heavy atom. The average Bonchev–Trinajstić information content (AvgIpc) is 2.91. The van der Waals surface area contributed by atoms with E-state index in [4.69, 9.17) is 4.74 Å². The quantitative estimate of drug-likeness (QED) is 0.922. The number of amides is 1. The molecule has 4 heteroatoms. The highest BCUT2D eigenvalue weighted by Crippen LogP contribution is 2.25. The summed E-state index contributed by atoms with van der Waals surface area (Å²) in [6, 6.07) is 15.9. The molecule has 1 N–H and O–H groups in total. The van der Waals surface area contributed by atoms with Gasteiger partial charge in [0.1, 0.15) is 5.75 Å². The number of nitrogens with one attached hydrogen (secondary N) is 1. The number of fused-ring (bicyclic) bond motifs is 1. The molecule has 1 heterocycles. The molecule has 1 aliphatic rings. The molecular formula is C18H20N2O2. The van der Waals surface area contributed by atoms with Crippen LogP contribution < -0.4 is 10.1 Å². The Hall–Kier alpha value is -2.33. The topological polar surface area (TPSA) is 41.6 Å². The number of ether oxygens (including phenoxy) is 1.